The van der Waals surface area contributed by atoms with Gasteiger partial charge in [0.15, 0.2) is 6.04 Å². The van der Waals surface area contributed by atoms with Gasteiger partial charge in [-0.05, 0) is 34.7 Å². The summed E-state index contributed by atoms with van der Waals surface area (Å²) in [6.45, 7) is 2.20. The van der Waals surface area contributed by atoms with Gasteiger partial charge in [-0.1, -0.05) is 62.6 Å². The van der Waals surface area contributed by atoms with Crippen molar-refractivity contribution in [2.24, 2.45) is 0 Å². The molecule has 0 radical (unpaired) electrons. The zero-order valence-electron chi connectivity index (χ0n) is 15.5. The van der Waals surface area contributed by atoms with Crippen molar-refractivity contribution < 1.29 is 18.0 Å². The number of carbonyl (C=O) groups excluding carboxylic acids is 1. The minimum Gasteiger partial charge on any atom is -0.288 e. The minimum atomic E-state index is -4.48. The summed E-state index contributed by atoms with van der Waals surface area (Å²) in [5, 5.41) is 2.49. The van der Waals surface area contributed by atoms with Crippen molar-refractivity contribution >= 4 is 16.7 Å². The normalized spacial score (nSPS) is 16.7. The Morgan fingerprint density at radius 2 is 1.81 bits per heavy atom. The van der Waals surface area contributed by atoms with Crippen LogP contribution in [0.2, 0.25) is 0 Å². The number of hydrogen-bond donors (Lipinski definition) is 1. The fourth-order valence-corrected chi connectivity index (χ4v) is 3.79. The van der Waals surface area contributed by atoms with Crippen molar-refractivity contribution in [3.05, 3.63) is 47.5 Å². The summed E-state index contributed by atoms with van der Waals surface area (Å²) in [7, 11) is 0. The van der Waals surface area contributed by atoms with E-state index >= 15 is 0 Å². The number of aryl methyl sites for hydroxylation is 1. The number of fused-ring (bicyclic) bond motifs is 1. The Kier molecular flexibility index (Phi) is 6.05. The van der Waals surface area contributed by atoms with E-state index in [-0.39, 0.29) is 24.4 Å². The highest BCUT2D eigenvalue weighted by Crippen LogP contribution is 2.41. The maximum Gasteiger partial charge on any atom is 0.409 e. The summed E-state index contributed by atoms with van der Waals surface area (Å²) >= 11 is 0. The Balaban J connectivity index is 1.99. The van der Waals surface area contributed by atoms with E-state index < -0.39 is 12.2 Å². The zero-order chi connectivity index (χ0) is 19.4. The molecule has 1 heterocycles. The summed E-state index contributed by atoms with van der Waals surface area (Å²) in [6.07, 6.45) is 0.927. The lowest BCUT2D eigenvalue weighted by Crippen LogP contribution is -2.43. The molecule has 1 saturated heterocycles. The van der Waals surface area contributed by atoms with Gasteiger partial charge in [-0.3, -0.25) is 10.2 Å². The average Bonchev–Trinajstić information content (AvgIpc) is 3.04. The molecule has 3 rings (SSSR count). The van der Waals surface area contributed by atoms with Crippen molar-refractivity contribution in [2.45, 2.75) is 57.7 Å². The van der Waals surface area contributed by atoms with E-state index in [0.29, 0.717) is 5.39 Å². The molecule has 0 saturated carbocycles. The number of alkyl halides is 3. The van der Waals surface area contributed by atoms with Crippen molar-refractivity contribution in [2.75, 3.05) is 6.54 Å². The number of unbranched alkanes of at least 4 members (excludes halogenated alkanes) is 3. The number of amides is 1. The molecular formula is C21H25F3N2O. The molecule has 0 spiro atoms. The molecule has 1 fully saturated rings. The van der Waals surface area contributed by atoms with E-state index in [1.54, 1.807) is 18.2 Å². The molecule has 27 heavy (non-hydrogen) atoms. The van der Waals surface area contributed by atoms with E-state index in [1.807, 2.05) is 18.2 Å². The van der Waals surface area contributed by atoms with Crippen LogP contribution in [0.3, 0.4) is 0 Å². The first-order chi connectivity index (χ1) is 12.9. The van der Waals surface area contributed by atoms with Crippen LogP contribution in [0.4, 0.5) is 13.2 Å². The standard InChI is InChI=1S/C21H25F3N2O/c1-2-3-4-5-8-15-11-12-18(17-10-7-6-9-16(15)17)20(21(22,23)24)26-14-13-19(27)25-26/h6-7,9-12,20H,2-5,8,13-14H2,1H3,(H,25,27). The van der Waals surface area contributed by atoms with Gasteiger partial charge in [-0.25, -0.2) is 5.01 Å². The second-order valence-electron chi connectivity index (χ2n) is 7.09. The summed E-state index contributed by atoms with van der Waals surface area (Å²) in [6, 6.07) is 8.83. The molecule has 2 aromatic carbocycles. The molecule has 1 atom stereocenters. The predicted octanol–water partition coefficient (Wildman–Crippen LogP) is 5.30. The first-order valence-corrected chi connectivity index (χ1v) is 9.55. The molecule has 3 nitrogen and oxygen atoms in total. The highest BCUT2D eigenvalue weighted by molar-refractivity contribution is 5.89. The van der Waals surface area contributed by atoms with Crippen molar-refractivity contribution in [1.29, 1.82) is 0 Å². The van der Waals surface area contributed by atoms with Gasteiger partial charge >= 0.3 is 6.18 Å². The molecule has 6 heteroatoms. The second kappa shape index (κ2) is 8.30. The number of benzene rings is 2. The Morgan fingerprint density at radius 3 is 2.44 bits per heavy atom. The van der Waals surface area contributed by atoms with Gasteiger partial charge in [-0.2, -0.15) is 13.2 Å². The lowest BCUT2D eigenvalue weighted by molar-refractivity contribution is -0.190. The Bertz CT molecular complexity index is 804. The number of hydrazine groups is 1. The molecule has 1 aliphatic heterocycles. The van der Waals surface area contributed by atoms with Crippen LogP contribution in [-0.4, -0.2) is 23.6 Å². The Morgan fingerprint density at radius 1 is 1.07 bits per heavy atom. The Labute approximate surface area is 157 Å². The highest BCUT2D eigenvalue weighted by Gasteiger charge is 2.47. The number of hydrogen-bond acceptors (Lipinski definition) is 2. The predicted molar refractivity (Wildman–Crippen MR) is 100 cm³/mol. The van der Waals surface area contributed by atoms with Gasteiger partial charge < -0.3 is 0 Å². The second-order valence-corrected chi connectivity index (χ2v) is 7.09. The number of carbonyl (C=O) groups is 1. The highest BCUT2D eigenvalue weighted by atomic mass is 19.4. The summed E-state index contributed by atoms with van der Waals surface area (Å²) in [5.74, 6) is -0.374. The van der Waals surface area contributed by atoms with Gasteiger partial charge in [0, 0.05) is 13.0 Å². The number of rotatable bonds is 7. The van der Waals surface area contributed by atoms with E-state index in [0.717, 1.165) is 41.6 Å². The maximum atomic E-state index is 13.9. The van der Waals surface area contributed by atoms with Gasteiger partial charge in [0.25, 0.3) is 0 Å². The average molecular weight is 378 g/mol. The van der Waals surface area contributed by atoms with E-state index in [2.05, 4.69) is 12.3 Å². The summed E-state index contributed by atoms with van der Waals surface area (Å²) in [5.41, 5.74) is 3.63. The molecule has 2 aromatic rings. The largest absolute Gasteiger partial charge is 0.409 e. The van der Waals surface area contributed by atoms with Gasteiger partial charge in [0.2, 0.25) is 5.91 Å². The van der Waals surface area contributed by atoms with E-state index in [9.17, 15) is 18.0 Å². The number of nitrogens with one attached hydrogen (secondary N) is 1. The van der Waals surface area contributed by atoms with Crippen LogP contribution < -0.4 is 5.43 Å². The van der Waals surface area contributed by atoms with Crippen LogP contribution >= 0.6 is 0 Å². The van der Waals surface area contributed by atoms with Gasteiger partial charge in [0.1, 0.15) is 0 Å². The van der Waals surface area contributed by atoms with Crippen molar-refractivity contribution in [1.82, 2.24) is 10.4 Å². The fraction of sp³-hybridized carbons (Fsp3) is 0.476. The monoisotopic (exact) mass is 378 g/mol. The molecule has 1 unspecified atom stereocenters. The fourth-order valence-electron chi connectivity index (χ4n) is 3.79. The zero-order valence-corrected chi connectivity index (χ0v) is 15.5. The topological polar surface area (TPSA) is 32.3 Å². The van der Waals surface area contributed by atoms with Crippen LogP contribution in [0.1, 0.15) is 56.2 Å². The van der Waals surface area contributed by atoms with Crippen molar-refractivity contribution in [3.63, 3.8) is 0 Å². The van der Waals surface area contributed by atoms with E-state index in [4.69, 9.17) is 0 Å². The summed E-state index contributed by atoms with van der Waals surface area (Å²) < 4.78 is 41.7. The summed E-state index contributed by atoms with van der Waals surface area (Å²) in [4.78, 5) is 11.5. The lowest BCUT2D eigenvalue weighted by atomic mass is 9.92. The molecule has 1 amide bonds. The molecule has 0 bridgehead atoms. The van der Waals surface area contributed by atoms with Crippen LogP contribution in [0.5, 0.6) is 0 Å². The first-order valence-electron chi connectivity index (χ1n) is 9.55. The third-order valence-corrected chi connectivity index (χ3v) is 5.11. The first kappa shape index (κ1) is 19.7. The SMILES string of the molecule is CCCCCCc1ccc(C(N2CCC(=O)N2)C(F)(F)F)c2ccccc12. The lowest BCUT2D eigenvalue weighted by Gasteiger charge is -2.30. The number of nitrogens with zero attached hydrogens (tertiary/aromatic N) is 1. The molecule has 1 aliphatic rings. The Hall–Kier alpha value is -2.08. The molecule has 146 valence electrons. The molecule has 1 N–H and O–H groups in total. The van der Waals surface area contributed by atoms with Gasteiger partial charge in [0.05, 0.1) is 0 Å². The maximum absolute atomic E-state index is 13.9. The smallest absolute Gasteiger partial charge is 0.288 e. The van der Waals surface area contributed by atoms with Crippen LogP contribution in [0.25, 0.3) is 10.8 Å². The molecule has 0 aliphatic carbocycles. The quantitative estimate of drug-likeness (QED) is 0.663. The van der Waals surface area contributed by atoms with Crippen LogP contribution in [0, 0.1) is 0 Å². The third-order valence-electron chi connectivity index (χ3n) is 5.11. The van der Waals surface area contributed by atoms with Crippen LogP contribution in [-0.2, 0) is 11.2 Å². The minimum absolute atomic E-state index is 0.0517. The molecular weight excluding hydrogens is 353 g/mol. The van der Waals surface area contributed by atoms with Crippen LogP contribution in [0.15, 0.2) is 36.4 Å². The third kappa shape index (κ3) is 4.43. The van der Waals surface area contributed by atoms with E-state index in [1.165, 1.54) is 6.42 Å². The number of halogens is 3. The van der Waals surface area contributed by atoms with Crippen molar-refractivity contribution in [3.8, 4) is 0 Å². The molecule has 0 aromatic heterocycles. The van der Waals surface area contributed by atoms with Gasteiger partial charge in [-0.15, -0.1) is 0 Å².